The van der Waals surface area contributed by atoms with E-state index in [0.717, 1.165) is 18.7 Å². The first-order chi connectivity index (χ1) is 6.31. The first kappa shape index (κ1) is 10.2. The molecule has 0 aromatic carbocycles. The van der Waals surface area contributed by atoms with Crippen molar-refractivity contribution < 1.29 is 5.11 Å². The van der Waals surface area contributed by atoms with Gasteiger partial charge in [-0.1, -0.05) is 0 Å². The number of nitrogens with zero attached hydrogens (tertiary/aromatic N) is 2. The maximum atomic E-state index is 8.98. The molecule has 0 aliphatic carbocycles. The summed E-state index contributed by atoms with van der Waals surface area (Å²) in [5.41, 5.74) is 6.65. The molecule has 1 rings (SSSR count). The Hall–Kier alpha value is -0.870. The lowest BCUT2D eigenvalue weighted by Gasteiger charge is -2.11. The fourth-order valence-corrected chi connectivity index (χ4v) is 1.34. The van der Waals surface area contributed by atoms with Crippen molar-refractivity contribution in [1.82, 2.24) is 9.78 Å². The average molecular weight is 183 g/mol. The Kier molecular flexibility index (Phi) is 3.92. The van der Waals surface area contributed by atoms with Gasteiger partial charge in [0.15, 0.2) is 0 Å². The Labute approximate surface area is 78.4 Å². The van der Waals surface area contributed by atoms with Gasteiger partial charge < -0.3 is 10.8 Å². The molecule has 1 unspecified atom stereocenters. The number of aliphatic hydroxyl groups is 1. The predicted octanol–water partition coefficient (Wildman–Crippen LogP) is 0.0127. The van der Waals surface area contributed by atoms with Gasteiger partial charge in [-0.25, -0.2) is 0 Å². The number of aryl methyl sites for hydroxylation is 1. The highest BCUT2D eigenvalue weighted by molar-refractivity contribution is 5.01. The Morgan fingerprint density at radius 2 is 2.46 bits per heavy atom. The fourth-order valence-electron chi connectivity index (χ4n) is 1.34. The van der Waals surface area contributed by atoms with Crippen LogP contribution < -0.4 is 5.73 Å². The van der Waals surface area contributed by atoms with Crippen LogP contribution in [-0.4, -0.2) is 28.0 Å². The largest absolute Gasteiger partial charge is 0.396 e. The van der Waals surface area contributed by atoms with Crippen LogP contribution in [0.4, 0.5) is 0 Å². The van der Waals surface area contributed by atoms with Gasteiger partial charge >= 0.3 is 0 Å². The third-order valence-electron chi connectivity index (χ3n) is 2.19. The Bertz CT molecular complexity index is 243. The van der Waals surface area contributed by atoms with Gasteiger partial charge in [-0.15, -0.1) is 0 Å². The van der Waals surface area contributed by atoms with E-state index in [0.29, 0.717) is 6.54 Å². The van der Waals surface area contributed by atoms with Gasteiger partial charge in [-0.05, 0) is 31.9 Å². The van der Waals surface area contributed by atoms with Crippen LogP contribution in [0.1, 0.15) is 12.6 Å². The van der Waals surface area contributed by atoms with Gasteiger partial charge in [0, 0.05) is 25.0 Å². The van der Waals surface area contributed by atoms with Crippen molar-refractivity contribution in [2.75, 3.05) is 13.2 Å². The van der Waals surface area contributed by atoms with E-state index in [-0.39, 0.29) is 12.5 Å². The number of nitrogens with two attached hydrogens (primary N) is 1. The molecule has 4 heteroatoms. The summed E-state index contributed by atoms with van der Waals surface area (Å²) in [6.45, 7) is 3.58. The first-order valence-electron chi connectivity index (χ1n) is 4.63. The van der Waals surface area contributed by atoms with E-state index in [9.17, 15) is 0 Å². The van der Waals surface area contributed by atoms with Crippen LogP contribution in [0.25, 0.3) is 0 Å². The number of rotatable bonds is 5. The van der Waals surface area contributed by atoms with Crippen LogP contribution >= 0.6 is 0 Å². The minimum atomic E-state index is 0.144. The summed E-state index contributed by atoms with van der Waals surface area (Å²) in [5.74, 6) is 0.155. The molecular weight excluding hydrogens is 166 g/mol. The lowest BCUT2D eigenvalue weighted by Crippen LogP contribution is -2.21. The second-order valence-electron chi connectivity index (χ2n) is 3.13. The molecule has 0 aliphatic rings. The summed E-state index contributed by atoms with van der Waals surface area (Å²) in [5, 5.41) is 13.1. The minimum absolute atomic E-state index is 0.144. The zero-order valence-corrected chi connectivity index (χ0v) is 7.98. The second-order valence-corrected chi connectivity index (χ2v) is 3.13. The van der Waals surface area contributed by atoms with E-state index in [2.05, 4.69) is 5.10 Å². The molecule has 74 valence electrons. The molecule has 1 heterocycles. The van der Waals surface area contributed by atoms with Crippen LogP contribution in [0.2, 0.25) is 0 Å². The van der Waals surface area contributed by atoms with Gasteiger partial charge in [-0.2, -0.15) is 5.10 Å². The Balaban J connectivity index is 2.61. The van der Waals surface area contributed by atoms with E-state index < -0.39 is 0 Å². The van der Waals surface area contributed by atoms with Gasteiger partial charge in [0.05, 0.1) is 0 Å². The van der Waals surface area contributed by atoms with Gasteiger partial charge in [0.2, 0.25) is 0 Å². The van der Waals surface area contributed by atoms with E-state index in [1.165, 1.54) is 0 Å². The first-order valence-corrected chi connectivity index (χ1v) is 4.63. The molecule has 4 nitrogen and oxygen atoms in total. The maximum Gasteiger partial charge on any atom is 0.0492 e. The minimum Gasteiger partial charge on any atom is -0.396 e. The van der Waals surface area contributed by atoms with Gasteiger partial charge in [0.1, 0.15) is 0 Å². The highest BCUT2D eigenvalue weighted by atomic mass is 16.3. The predicted molar refractivity (Wildman–Crippen MR) is 51.2 cm³/mol. The van der Waals surface area contributed by atoms with Gasteiger partial charge in [0.25, 0.3) is 0 Å². The Morgan fingerprint density at radius 1 is 1.69 bits per heavy atom. The van der Waals surface area contributed by atoms with E-state index in [1.54, 1.807) is 6.20 Å². The van der Waals surface area contributed by atoms with Crippen molar-refractivity contribution in [2.45, 2.75) is 19.9 Å². The molecule has 13 heavy (non-hydrogen) atoms. The number of hydrogen-bond donors (Lipinski definition) is 2. The van der Waals surface area contributed by atoms with Gasteiger partial charge in [-0.3, -0.25) is 4.68 Å². The molecule has 0 spiro atoms. The van der Waals surface area contributed by atoms with E-state index in [1.807, 2.05) is 17.7 Å². The zero-order valence-electron chi connectivity index (χ0n) is 7.98. The molecule has 1 atom stereocenters. The fraction of sp³-hybridized carbons (Fsp3) is 0.667. The van der Waals surface area contributed by atoms with Crippen molar-refractivity contribution in [3.8, 4) is 0 Å². The maximum absolute atomic E-state index is 8.98. The molecule has 0 amide bonds. The highest BCUT2D eigenvalue weighted by Gasteiger charge is 2.09. The normalized spacial score (nSPS) is 13.2. The van der Waals surface area contributed by atoms with Crippen LogP contribution in [0, 0.1) is 5.92 Å². The molecule has 0 radical (unpaired) electrons. The monoisotopic (exact) mass is 183 g/mol. The smallest absolute Gasteiger partial charge is 0.0492 e. The topological polar surface area (TPSA) is 64.1 Å². The third-order valence-corrected chi connectivity index (χ3v) is 2.19. The van der Waals surface area contributed by atoms with Crippen molar-refractivity contribution in [3.05, 3.63) is 18.0 Å². The SMILES string of the molecule is CCn1nccc1CC(CN)CO. The van der Waals surface area contributed by atoms with Crippen molar-refractivity contribution in [2.24, 2.45) is 11.7 Å². The molecule has 1 aromatic rings. The Morgan fingerprint density at radius 3 is 3.00 bits per heavy atom. The standard InChI is InChI=1S/C9H17N3O/c1-2-12-9(3-4-11-12)5-8(6-10)7-13/h3-4,8,13H,2,5-7,10H2,1H3. The van der Waals surface area contributed by atoms with Crippen molar-refractivity contribution >= 4 is 0 Å². The molecule has 0 fully saturated rings. The van der Waals surface area contributed by atoms with Crippen LogP contribution in [-0.2, 0) is 13.0 Å². The van der Waals surface area contributed by atoms with E-state index in [4.69, 9.17) is 10.8 Å². The summed E-state index contributed by atoms with van der Waals surface area (Å²) >= 11 is 0. The lowest BCUT2D eigenvalue weighted by molar-refractivity contribution is 0.227. The van der Waals surface area contributed by atoms with Crippen LogP contribution in [0.3, 0.4) is 0 Å². The van der Waals surface area contributed by atoms with Crippen molar-refractivity contribution in [1.29, 1.82) is 0 Å². The molecule has 0 aliphatic heterocycles. The second kappa shape index (κ2) is 4.99. The third kappa shape index (κ3) is 2.54. The molecule has 0 saturated heterocycles. The molecule has 3 N–H and O–H groups in total. The molecular formula is C9H17N3O. The number of aliphatic hydroxyl groups excluding tert-OH is 1. The van der Waals surface area contributed by atoms with E-state index >= 15 is 0 Å². The quantitative estimate of drug-likeness (QED) is 0.676. The summed E-state index contributed by atoms with van der Waals surface area (Å²) in [6.07, 6.45) is 2.59. The highest BCUT2D eigenvalue weighted by Crippen LogP contribution is 2.06. The lowest BCUT2D eigenvalue weighted by atomic mass is 10.0. The van der Waals surface area contributed by atoms with Crippen molar-refractivity contribution in [3.63, 3.8) is 0 Å². The van der Waals surface area contributed by atoms with Crippen LogP contribution in [0.5, 0.6) is 0 Å². The summed E-state index contributed by atoms with van der Waals surface area (Å²) in [6, 6.07) is 1.97. The molecule has 0 bridgehead atoms. The van der Waals surface area contributed by atoms with Crippen LogP contribution in [0.15, 0.2) is 12.3 Å². The molecule has 0 saturated carbocycles. The summed E-state index contributed by atoms with van der Waals surface area (Å²) in [7, 11) is 0. The average Bonchev–Trinajstić information content (AvgIpc) is 2.61. The summed E-state index contributed by atoms with van der Waals surface area (Å²) in [4.78, 5) is 0. The zero-order chi connectivity index (χ0) is 9.68. The molecule has 1 aromatic heterocycles. The number of aromatic nitrogens is 2. The summed E-state index contributed by atoms with van der Waals surface area (Å²) < 4.78 is 1.93. The number of hydrogen-bond acceptors (Lipinski definition) is 3.